The summed E-state index contributed by atoms with van der Waals surface area (Å²) in [5.74, 6) is -0.294. The van der Waals surface area contributed by atoms with Crippen LogP contribution in [-0.4, -0.2) is 12.6 Å². The van der Waals surface area contributed by atoms with Gasteiger partial charge in [-0.3, -0.25) is 0 Å². The van der Waals surface area contributed by atoms with Gasteiger partial charge in [-0.15, -0.1) is 0 Å². The van der Waals surface area contributed by atoms with Crippen LogP contribution in [0.5, 0.6) is 0 Å². The minimum atomic E-state index is -0.434. The minimum absolute atomic E-state index is 0.142. The summed E-state index contributed by atoms with van der Waals surface area (Å²) in [7, 11) is 0. The molecule has 1 rings (SSSR count). The fourth-order valence-corrected chi connectivity index (χ4v) is 2.66. The fourth-order valence-electron chi connectivity index (χ4n) is 2.66. The van der Waals surface area contributed by atoms with Crippen molar-refractivity contribution in [2.24, 2.45) is 5.92 Å². The van der Waals surface area contributed by atoms with E-state index in [-0.39, 0.29) is 11.6 Å². The van der Waals surface area contributed by atoms with Gasteiger partial charge >= 0.3 is 0 Å². The van der Waals surface area contributed by atoms with Gasteiger partial charge in [0.05, 0.1) is 0 Å². The molecular formula is C17H27F2N. The molecule has 0 heterocycles. The van der Waals surface area contributed by atoms with Gasteiger partial charge in [0.25, 0.3) is 0 Å². The van der Waals surface area contributed by atoms with Crippen LogP contribution in [0.3, 0.4) is 0 Å². The van der Waals surface area contributed by atoms with Gasteiger partial charge in [0.15, 0.2) is 0 Å². The van der Waals surface area contributed by atoms with Crippen molar-refractivity contribution in [2.45, 2.75) is 58.9 Å². The van der Waals surface area contributed by atoms with Crippen molar-refractivity contribution in [1.29, 1.82) is 0 Å². The van der Waals surface area contributed by atoms with Crippen molar-refractivity contribution in [3.63, 3.8) is 0 Å². The van der Waals surface area contributed by atoms with Crippen LogP contribution in [0.15, 0.2) is 18.2 Å². The van der Waals surface area contributed by atoms with Gasteiger partial charge in [-0.25, -0.2) is 8.78 Å². The molecule has 1 aromatic carbocycles. The first kappa shape index (κ1) is 17.1. The highest BCUT2D eigenvalue weighted by atomic mass is 19.1. The van der Waals surface area contributed by atoms with E-state index in [0.717, 1.165) is 32.2 Å². The van der Waals surface area contributed by atoms with E-state index in [1.807, 2.05) is 0 Å². The largest absolute Gasteiger partial charge is 0.314 e. The van der Waals surface area contributed by atoms with Gasteiger partial charge in [-0.1, -0.05) is 39.7 Å². The molecule has 1 aromatic rings. The van der Waals surface area contributed by atoms with E-state index in [9.17, 15) is 8.78 Å². The maximum atomic E-state index is 13.8. The monoisotopic (exact) mass is 283 g/mol. The molecule has 0 amide bonds. The zero-order chi connectivity index (χ0) is 15.0. The zero-order valence-corrected chi connectivity index (χ0v) is 12.9. The molecule has 0 aliphatic rings. The predicted molar refractivity (Wildman–Crippen MR) is 80.8 cm³/mol. The molecule has 2 atom stereocenters. The van der Waals surface area contributed by atoms with Crippen LogP contribution in [0.25, 0.3) is 0 Å². The first-order chi connectivity index (χ1) is 9.58. The van der Waals surface area contributed by atoms with Crippen molar-refractivity contribution in [1.82, 2.24) is 5.32 Å². The Labute approximate surface area is 121 Å². The Morgan fingerprint density at radius 3 is 2.30 bits per heavy atom. The molecule has 0 radical (unpaired) electrons. The van der Waals surface area contributed by atoms with Gasteiger partial charge in [0.2, 0.25) is 0 Å². The third-order valence-corrected chi connectivity index (χ3v) is 3.66. The maximum Gasteiger partial charge on any atom is 0.129 e. The van der Waals surface area contributed by atoms with E-state index in [1.54, 1.807) is 0 Å². The molecule has 1 nitrogen and oxygen atoms in total. The Morgan fingerprint density at radius 1 is 1.10 bits per heavy atom. The number of halogens is 2. The summed E-state index contributed by atoms with van der Waals surface area (Å²) in [5.41, 5.74) is 0.213. The lowest BCUT2D eigenvalue weighted by molar-refractivity contribution is 0.373. The van der Waals surface area contributed by atoms with E-state index < -0.39 is 11.6 Å². The average molecular weight is 283 g/mol. The van der Waals surface area contributed by atoms with Crippen LogP contribution in [0, 0.1) is 17.6 Å². The lowest BCUT2D eigenvalue weighted by Crippen LogP contribution is -2.34. The molecule has 0 bridgehead atoms. The first-order valence-electron chi connectivity index (χ1n) is 7.74. The van der Waals surface area contributed by atoms with Crippen molar-refractivity contribution >= 4 is 0 Å². The summed E-state index contributed by atoms with van der Waals surface area (Å²) in [6.07, 6.45) is 4.71. The minimum Gasteiger partial charge on any atom is -0.314 e. The molecule has 0 fully saturated rings. The van der Waals surface area contributed by atoms with Gasteiger partial charge in [-0.05, 0) is 43.9 Å². The molecule has 2 unspecified atom stereocenters. The number of rotatable bonds is 9. The second-order valence-electron chi connectivity index (χ2n) is 5.68. The molecule has 0 aliphatic carbocycles. The smallest absolute Gasteiger partial charge is 0.129 e. The van der Waals surface area contributed by atoms with Gasteiger partial charge in [-0.2, -0.15) is 0 Å². The predicted octanol–water partition coefficient (Wildman–Crippen LogP) is 4.70. The summed E-state index contributed by atoms with van der Waals surface area (Å²) in [4.78, 5) is 0. The molecule has 0 aliphatic heterocycles. The van der Waals surface area contributed by atoms with Crippen molar-refractivity contribution in [3.8, 4) is 0 Å². The lowest BCUT2D eigenvalue weighted by Gasteiger charge is -2.22. The topological polar surface area (TPSA) is 12.0 Å². The van der Waals surface area contributed by atoms with Crippen LogP contribution < -0.4 is 5.32 Å². The van der Waals surface area contributed by atoms with E-state index in [4.69, 9.17) is 0 Å². The van der Waals surface area contributed by atoms with E-state index >= 15 is 0 Å². The Morgan fingerprint density at radius 2 is 1.75 bits per heavy atom. The third-order valence-electron chi connectivity index (χ3n) is 3.66. The van der Waals surface area contributed by atoms with Crippen LogP contribution >= 0.6 is 0 Å². The van der Waals surface area contributed by atoms with Crippen LogP contribution in [0.2, 0.25) is 0 Å². The Bertz CT molecular complexity index is 372. The molecule has 0 spiro atoms. The van der Waals surface area contributed by atoms with Crippen LogP contribution in [0.1, 0.15) is 52.0 Å². The number of hydrogen-bond donors (Lipinski definition) is 1. The SMILES string of the molecule is CCCNC(Cc1c(F)cccc1F)CC(C)CCC. The quantitative estimate of drug-likeness (QED) is 0.692. The summed E-state index contributed by atoms with van der Waals surface area (Å²) in [6, 6.07) is 4.24. The number of benzene rings is 1. The van der Waals surface area contributed by atoms with Crippen molar-refractivity contribution < 1.29 is 8.78 Å². The second kappa shape index (κ2) is 9.06. The summed E-state index contributed by atoms with van der Waals surface area (Å²) in [6.45, 7) is 7.37. The molecular weight excluding hydrogens is 256 g/mol. The molecule has 0 aromatic heterocycles. The van der Waals surface area contributed by atoms with Gasteiger partial charge in [0, 0.05) is 11.6 Å². The molecule has 3 heteroatoms. The average Bonchev–Trinajstić information content (AvgIpc) is 2.40. The standard InChI is InChI=1S/C17H27F2N/c1-4-7-13(3)11-14(20-10-5-2)12-15-16(18)8-6-9-17(15)19/h6,8-9,13-14,20H,4-5,7,10-12H2,1-3H3. The third kappa shape index (κ3) is 5.58. The summed E-state index contributed by atoms with van der Waals surface area (Å²) >= 11 is 0. The fraction of sp³-hybridized carbons (Fsp3) is 0.647. The Hall–Kier alpha value is -0.960. The molecule has 114 valence electrons. The first-order valence-corrected chi connectivity index (χ1v) is 7.74. The van der Waals surface area contributed by atoms with Crippen LogP contribution in [-0.2, 0) is 6.42 Å². The number of hydrogen-bond acceptors (Lipinski definition) is 1. The molecule has 0 saturated heterocycles. The molecule has 1 N–H and O–H groups in total. The molecule has 20 heavy (non-hydrogen) atoms. The van der Waals surface area contributed by atoms with E-state index in [1.165, 1.54) is 18.2 Å². The summed E-state index contributed by atoms with van der Waals surface area (Å²) in [5, 5.41) is 3.43. The summed E-state index contributed by atoms with van der Waals surface area (Å²) < 4.78 is 27.5. The highest BCUT2D eigenvalue weighted by Crippen LogP contribution is 2.19. The highest BCUT2D eigenvalue weighted by Gasteiger charge is 2.17. The van der Waals surface area contributed by atoms with Crippen LogP contribution in [0.4, 0.5) is 8.78 Å². The lowest BCUT2D eigenvalue weighted by atomic mass is 9.93. The maximum absolute atomic E-state index is 13.8. The molecule has 0 saturated carbocycles. The normalized spacial score (nSPS) is 14.2. The van der Waals surface area contributed by atoms with E-state index in [2.05, 4.69) is 26.1 Å². The van der Waals surface area contributed by atoms with Crippen molar-refractivity contribution in [3.05, 3.63) is 35.4 Å². The van der Waals surface area contributed by atoms with Gasteiger partial charge < -0.3 is 5.32 Å². The highest BCUT2D eigenvalue weighted by molar-refractivity contribution is 5.20. The van der Waals surface area contributed by atoms with Gasteiger partial charge in [0.1, 0.15) is 11.6 Å². The van der Waals surface area contributed by atoms with Crippen molar-refractivity contribution in [2.75, 3.05) is 6.54 Å². The Kier molecular flexibility index (Phi) is 7.75. The number of nitrogens with one attached hydrogen (secondary N) is 1. The Balaban J connectivity index is 2.72. The zero-order valence-electron chi connectivity index (χ0n) is 12.9. The van der Waals surface area contributed by atoms with E-state index in [0.29, 0.717) is 12.3 Å². The second-order valence-corrected chi connectivity index (χ2v) is 5.68.